The van der Waals surface area contributed by atoms with Crippen LogP contribution in [-0.4, -0.2) is 11.1 Å². The minimum Gasteiger partial charge on any atom is -0.478 e. The molecule has 0 amide bonds. The fourth-order valence-electron chi connectivity index (χ4n) is 3.70. The van der Waals surface area contributed by atoms with Gasteiger partial charge in [0.25, 0.3) is 0 Å². The summed E-state index contributed by atoms with van der Waals surface area (Å²) < 4.78 is 0. The van der Waals surface area contributed by atoms with E-state index in [2.05, 4.69) is 6.08 Å². The van der Waals surface area contributed by atoms with Gasteiger partial charge in [-0.05, 0) is 43.9 Å². The molecule has 0 saturated heterocycles. The molecule has 2 aliphatic carbocycles. The number of rotatable bonds is 3. The molecule has 0 aromatic heterocycles. The Labute approximate surface area is 97.7 Å². The second kappa shape index (κ2) is 4.60. The fourth-order valence-corrected chi connectivity index (χ4v) is 3.70. The monoisotopic (exact) mass is 222 g/mol. The van der Waals surface area contributed by atoms with Crippen molar-refractivity contribution in [3.8, 4) is 0 Å². The first-order valence-electron chi connectivity index (χ1n) is 6.57. The zero-order valence-corrected chi connectivity index (χ0v) is 10.2. The van der Waals surface area contributed by atoms with Crippen LogP contribution in [0.3, 0.4) is 0 Å². The van der Waals surface area contributed by atoms with E-state index in [1.54, 1.807) is 6.92 Å². The Morgan fingerprint density at radius 3 is 2.25 bits per heavy atom. The van der Waals surface area contributed by atoms with Crippen LogP contribution in [0.2, 0.25) is 0 Å². The van der Waals surface area contributed by atoms with Gasteiger partial charge in [0.1, 0.15) is 0 Å². The lowest BCUT2D eigenvalue weighted by Crippen LogP contribution is -2.24. The van der Waals surface area contributed by atoms with Crippen LogP contribution >= 0.6 is 0 Å². The number of hydrogen-bond donors (Lipinski definition) is 1. The van der Waals surface area contributed by atoms with Crippen molar-refractivity contribution < 1.29 is 9.90 Å². The predicted octanol–water partition coefficient (Wildman–Crippen LogP) is 3.77. The minimum atomic E-state index is -0.746. The number of carboxylic acid groups (broad SMARTS) is 1. The molecule has 90 valence electrons. The Morgan fingerprint density at radius 2 is 1.75 bits per heavy atom. The molecule has 0 atom stereocenters. The van der Waals surface area contributed by atoms with Crippen molar-refractivity contribution in [2.45, 2.75) is 58.3 Å². The number of hydrogen-bond acceptors (Lipinski definition) is 1. The van der Waals surface area contributed by atoms with Gasteiger partial charge in [-0.1, -0.05) is 31.8 Å². The minimum absolute atomic E-state index is 0.235. The highest BCUT2D eigenvalue weighted by Crippen LogP contribution is 2.51. The van der Waals surface area contributed by atoms with Crippen molar-refractivity contribution in [1.29, 1.82) is 0 Å². The van der Waals surface area contributed by atoms with Gasteiger partial charge in [0.2, 0.25) is 0 Å². The lowest BCUT2D eigenvalue weighted by Gasteiger charge is -2.33. The molecule has 16 heavy (non-hydrogen) atoms. The highest BCUT2D eigenvalue weighted by atomic mass is 16.4. The standard InChI is InChI=1S/C14H22O2/c1-11(13(15)16)10-14(8-4-5-9-14)12-6-2-3-7-12/h10,12H,2-9H2,1H3,(H,15,16). The first-order chi connectivity index (χ1) is 7.64. The molecule has 0 aliphatic heterocycles. The SMILES string of the molecule is CC(=CC1(C2CCCC2)CCCC1)C(=O)O. The Bertz CT molecular complexity index is 292. The van der Waals surface area contributed by atoms with Crippen LogP contribution in [0.15, 0.2) is 11.6 Å². The zero-order valence-electron chi connectivity index (χ0n) is 10.2. The Morgan fingerprint density at radius 1 is 1.19 bits per heavy atom. The summed E-state index contributed by atoms with van der Waals surface area (Å²) in [5.74, 6) is 0.00794. The second-order valence-corrected chi connectivity index (χ2v) is 5.55. The van der Waals surface area contributed by atoms with Crippen molar-refractivity contribution in [2.75, 3.05) is 0 Å². The highest BCUT2D eigenvalue weighted by molar-refractivity contribution is 5.85. The number of aliphatic carboxylic acids is 1. The first kappa shape index (κ1) is 11.7. The lowest BCUT2D eigenvalue weighted by molar-refractivity contribution is -0.132. The van der Waals surface area contributed by atoms with Gasteiger partial charge in [-0.15, -0.1) is 0 Å². The van der Waals surface area contributed by atoms with E-state index >= 15 is 0 Å². The summed E-state index contributed by atoms with van der Waals surface area (Å²) in [6, 6.07) is 0. The molecule has 0 aromatic rings. The molecule has 0 heterocycles. The Balaban J connectivity index is 2.21. The predicted molar refractivity (Wildman–Crippen MR) is 64.3 cm³/mol. The molecule has 0 spiro atoms. The van der Waals surface area contributed by atoms with Crippen molar-refractivity contribution >= 4 is 5.97 Å². The molecule has 2 heteroatoms. The molecule has 0 bridgehead atoms. The van der Waals surface area contributed by atoms with Gasteiger partial charge < -0.3 is 5.11 Å². The summed E-state index contributed by atoms with van der Waals surface area (Å²) in [6.07, 6.45) is 12.4. The molecule has 0 unspecified atom stereocenters. The maximum atomic E-state index is 11.0. The summed E-state index contributed by atoms with van der Waals surface area (Å²) in [5.41, 5.74) is 0.785. The van der Waals surface area contributed by atoms with Crippen LogP contribution in [0.1, 0.15) is 58.3 Å². The van der Waals surface area contributed by atoms with Gasteiger partial charge in [0.05, 0.1) is 0 Å². The zero-order chi connectivity index (χ0) is 11.6. The first-order valence-corrected chi connectivity index (χ1v) is 6.57. The van der Waals surface area contributed by atoms with Crippen LogP contribution in [0.25, 0.3) is 0 Å². The topological polar surface area (TPSA) is 37.3 Å². The second-order valence-electron chi connectivity index (χ2n) is 5.55. The van der Waals surface area contributed by atoms with Crippen LogP contribution in [0.4, 0.5) is 0 Å². The van der Waals surface area contributed by atoms with Crippen molar-refractivity contribution in [2.24, 2.45) is 11.3 Å². The van der Waals surface area contributed by atoms with Crippen LogP contribution < -0.4 is 0 Å². The third-order valence-electron chi connectivity index (χ3n) is 4.54. The normalized spacial score (nSPS) is 26.2. The van der Waals surface area contributed by atoms with E-state index in [0.29, 0.717) is 5.57 Å². The largest absolute Gasteiger partial charge is 0.478 e. The van der Waals surface area contributed by atoms with Gasteiger partial charge >= 0.3 is 5.97 Å². The molecular formula is C14H22O2. The van der Waals surface area contributed by atoms with E-state index in [-0.39, 0.29) is 5.41 Å². The van der Waals surface area contributed by atoms with Gasteiger partial charge in [-0.2, -0.15) is 0 Å². The third-order valence-corrected chi connectivity index (χ3v) is 4.54. The summed E-state index contributed by atoms with van der Waals surface area (Å²) in [7, 11) is 0. The summed E-state index contributed by atoms with van der Waals surface area (Å²) in [6.45, 7) is 1.75. The maximum Gasteiger partial charge on any atom is 0.330 e. The van der Waals surface area contributed by atoms with E-state index in [1.807, 2.05) is 0 Å². The van der Waals surface area contributed by atoms with Gasteiger partial charge in [-0.3, -0.25) is 0 Å². The Hall–Kier alpha value is -0.790. The average Bonchev–Trinajstić information content (AvgIpc) is 2.87. The van der Waals surface area contributed by atoms with Crippen molar-refractivity contribution in [1.82, 2.24) is 0 Å². The van der Waals surface area contributed by atoms with E-state index in [1.165, 1.54) is 51.4 Å². The molecule has 1 N–H and O–H groups in total. The van der Waals surface area contributed by atoms with E-state index in [9.17, 15) is 4.79 Å². The van der Waals surface area contributed by atoms with Gasteiger partial charge in [0.15, 0.2) is 0 Å². The molecule has 0 radical (unpaired) electrons. The smallest absolute Gasteiger partial charge is 0.330 e. The molecule has 2 saturated carbocycles. The van der Waals surface area contributed by atoms with Crippen LogP contribution in [-0.2, 0) is 4.79 Å². The molecule has 2 aliphatic rings. The van der Waals surface area contributed by atoms with E-state index < -0.39 is 5.97 Å². The quantitative estimate of drug-likeness (QED) is 0.738. The van der Waals surface area contributed by atoms with Crippen molar-refractivity contribution in [3.63, 3.8) is 0 Å². The van der Waals surface area contributed by atoms with E-state index in [4.69, 9.17) is 5.11 Å². The summed E-state index contributed by atoms with van der Waals surface area (Å²) in [4.78, 5) is 11.0. The fraction of sp³-hybridized carbons (Fsp3) is 0.786. The summed E-state index contributed by atoms with van der Waals surface area (Å²) in [5, 5.41) is 9.03. The van der Waals surface area contributed by atoms with Gasteiger partial charge in [0, 0.05) is 5.57 Å². The number of carboxylic acids is 1. The maximum absolute atomic E-state index is 11.0. The van der Waals surface area contributed by atoms with Gasteiger partial charge in [-0.25, -0.2) is 4.79 Å². The molecule has 2 rings (SSSR count). The number of carbonyl (C=O) groups is 1. The highest BCUT2D eigenvalue weighted by Gasteiger charge is 2.40. The summed E-state index contributed by atoms with van der Waals surface area (Å²) >= 11 is 0. The third kappa shape index (κ3) is 2.16. The molecule has 2 fully saturated rings. The lowest BCUT2D eigenvalue weighted by atomic mass is 9.72. The average molecular weight is 222 g/mol. The van der Waals surface area contributed by atoms with Crippen molar-refractivity contribution in [3.05, 3.63) is 11.6 Å². The molecule has 0 aromatic carbocycles. The van der Waals surface area contributed by atoms with Crippen LogP contribution in [0.5, 0.6) is 0 Å². The Kier molecular flexibility index (Phi) is 3.36. The number of allylic oxidation sites excluding steroid dienone is 1. The molecular weight excluding hydrogens is 200 g/mol. The van der Waals surface area contributed by atoms with Crippen LogP contribution in [0, 0.1) is 11.3 Å². The molecule has 2 nitrogen and oxygen atoms in total. The van der Waals surface area contributed by atoms with E-state index in [0.717, 1.165) is 5.92 Å².